The molecule has 1 aromatic carbocycles. The summed E-state index contributed by atoms with van der Waals surface area (Å²) in [4.78, 5) is 0. The van der Waals surface area contributed by atoms with Crippen molar-refractivity contribution in [1.82, 2.24) is 0 Å². The SMILES string of the molecule is Cc1cccc(C(O)C(O)CN)c1N. The third-order valence-electron chi connectivity index (χ3n) is 2.28. The van der Waals surface area contributed by atoms with Gasteiger partial charge in [0.25, 0.3) is 0 Å². The van der Waals surface area contributed by atoms with Gasteiger partial charge in [-0.1, -0.05) is 18.2 Å². The van der Waals surface area contributed by atoms with Crippen LogP contribution < -0.4 is 11.5 Å². The number of aliphatic hydroxyl groups excluding tert-OH is 2. The highest BCUT2D eigenvalue weighted by Gasteiger charge is 2.19. The molecule has 0 aliphatic carbocycles. The van der Waals surface area contributed by atoms with Gasteiger partial charge in [0.2, 0.25) is 0 Å². The first-order valence-corrected chi connectivity index (χ1v) is 4.49. The first kappa shape index (κ1) is 11.0. The number of hydrogen-bond donors (Lipinski definition) is 4. The number of benzene rings is 1. The van der Waals surface area contributed by atoms with Gasteiger partial charge in [-0.25, -0.2) is 0 Å². The Morgan fingerprint density at radius 1 is 1.36 bits per heavy atom. The third kappa shape index (κ3) is 2.04. The molecule has 0 bridgehead atoms. The van der Waals surface area contributed by atoms with Gasteiger partial charge < -0.3 is 21.7 Å². The number of anilines is 1. The molecule has 0 saturated heterocycles. The van der Waals surface area contributed by atoms with Gasteiger partial charge in [-0.05, 0) is 12.5 Å². The van der Waals surface area contributed by atoms with Gasteiger partial charge in [0.15, 0.2) is 0 Å². The van der Waals surface area contributed by atoms with E-state index < -0.39 is 12.2 Å². The van der Waals surface area contributed by atoms with Crippen molar-refractivity contribution in [1.29, 1.82) is 0 Å². The zero-order valence-corrected chi connectivity index (χ0v) is 8.14. The van der Waals surface area contributed by atoms with Gasteiger partial charge >= 0.3 is 0 Å². The summed E-state index contributed by atoms with van der Waals surface area (Å²) in [5.74, 6) is 0. The topological polar surface area (TPSA) is 92.5 Å². The van der Waals surface area contributed by atoms with Crippen molar-refractivity contribution in [2.24, 2.45) is 5.73 Å². The number of nitrogens with two attached hydrogens (primary N) is 2. The molecule has 4 heteroatoms. The summed E-state index contributed by atoms with van der Waals surface area (Å²) >= 11 is 0. The van der Waals surface area contributed by atoms with Crippen LogP contribution in [0.3, 0.4) is 0 Å². The van der Waals surface area contributed by atoms with E-state index in [1.807, 2.05) is 13.0 Å². The monoisotopic (exact) mass is 196 g/mol. The predicted molar refractivity (Wildman–Crippen MR) is 55.6 cm³/mol. The Morgan fingerprint density at radius 2 is 2.00 bits per heavy atom. The van der Waals surface area contributed by atoms with Crippen molar-refractivity contribution in [3.63, 3.8) is 0 Å². The van der Waals surface area contributed by atoms with Crippen LogP contribution >= 0.6 is 0 Å². The second kappa shape index (κ2) is 4.41. The molecule has 14 heavy (non-hydrogen) atoms. The second-order valence-corrected chi connectivity index (χ2v) is 3.33. The fourth-order valence-corrected chi connectivity index (χ4v) is 1.30. The maximum Gasteiger partial charge on any atom is 0.108 e. The average Bonchev–Trinajstić information content (AvgIpc) is 2.20. The minimum Gasteiger partial charge on any atom is -0.398 e. The van der Waals surface area contributed by atoms with Crippen LogP contribution in [0.4, 0.5) is 5.69 Å². The lowest BCUT2D eigenvalue weighted by Gasteiger charge is -2.18. The van der Waals surface area contributed by atoms with E-state index in [9.17, 15) is 10.2 Å². The molecule has 0 fully saturated rings. The molecule has 0 aliphatic heterocycles. The fourth-order valence-electron chi connectivity index (χ4n) is 1.30. The number of aryl methyl sites for hydroxylation is 1. The highest BCUT2D eigenvalue weighted by Crippen LogP contribution is 2.25. The van der Waals surface area contributed by atoms with Crippen molar-refractivity contribution >= 4 is 5.69 Å². The standard InChI is InChI=1S/C10H16N2O2/c1-6-3-2-4-7(9(6)12)10(14)8(13)5-11/h2-4,8,10,13-14H,5,11-12H2,1H3. The van der Waals surface area contributed by atoms with E-state index in [-0.39, 0.29) is 6.54 Å². The van der Waals surface area contributed by atoms with Crippen LogP contribution in [0.2, 0.25) is 0 Å². The molecule has 2 atom stereocenters. The van der Waals surface area contributed by atoms with E-state index in [1.54, 1.807) is 12.1 Å². The Bertz CT molecular complexity index is 315. The minimum absolute atomic E-state index is 0.00848. The summed E-state index contributed by atoms with van der Waals surface area (Å²) in [7, 11) is 0. The highest BCUT2D eigenvalue weighted by molar-refractivity contribution is 5.54. The Labute approximate surface area is 83.2 Å². The normalized spacial score (nSPS) is 15.1. The molecule has 0 amide bonds. The van der Waals surface area contributed by atoms with Gasteiger partial charge in [-0.2, -0.15) is 0 Å². The lowest BCUT2D eigenvalue weighted by Crippen LogP contribution is -2.27. The first-order chi connectivity index (χ1) is 6.57. The van der Waals surface area contributed by atoms with Crippen LogP contribution in [0, 0.1) is 6.92 Å². The Morgan fingerprint density at radius 3 is 2.57 bits per heavy atom. The van der Waals surface area contributed by atoms with E-state index in [0.717, 1.165) is 5.56 Å². The van der Waals surface area contributed by atoms with Crippen LogP contribution in [-0.4, -0.2) is 22.9 Å². The summed E-state index contributed by atoms with van der Waals surface area (Å²) in [5, 5.41) is 19.0. The Balaban J connectivity index is 3.01. The van der Waals surface area contributed by atoms with Gasteiger partial charge in [0.1, 0.15) is 6.10 Å². The fraction of sp³-hybridized carbons (Fsp3) is 0.400. The van der Waals surface area contributed by atoms with Crippen LogP contribution in [0.5, 0.6) is 0 Å². The summed E-state index contributed by atoms with van der Waals surface area (Å²) in [6, 6.07) is 5.32. The largest absolute Gasteiger partial charge is 0.398 e. The number of nitrogen functional groups attached to an aromatic ring is 1. The molecule has 0 radical (unpaired) electrons. The molecule has 4 nitrogen and oxygen atoms in total. The molecule has 0 aromatic heterocycles. The predicted octanol–water partition coefficient (Wildman–Crippen LogP) is -0.0698. The van der Waals surface area contributed by atoms with E-state index >= 15 is 0 Å². The van der Waals surface area contributed by atoms with Gasteiger partial charge in [0, 0.05) is 17.8 Å². The number of rotatable bonds is 3. The summed E-state index contributed by atoms with van der Waals surface area (Å²) < 4.78 is 0. The molecule has 1 rings (SSSR count). The molecule has 6 N–H and O–H groups in total. The zero-order chi connectivity index (χ0) is 10.7. The maximum absolute atomic E-state index is 9.68. The summed E-state index contributed by atoms with van der Waals surface area (Å²) in [6.45, 7) is 1.86. The van der Waals surface area contributed by atoms with E-state index in [4.69, 9.17) is 11.5 Å². The molecule has 0 saturated carbocycles. The van der Waals surface area contributed by atoms with Crippen LogP contribution in [0.1, 0.15) is 17.2 Å². The average molecular weight is 196 g/mol. The zero-order valence-electron chi connectivity index (χ0n) is 8.14. The number of hydrogen-bond acceptors (Lipinski definition) is 4. The van der Waals surface area contributed by atoms with E-state index in [0.29, 0.717) is 11.3 Å². The number of aliphatic hydroxyl groups is 2. The summed E-state index contributed by atoms with van der Waals surface area (Å²) in [5.41, 5.74) is 12.9. The summed E-state index contributed by atoms with van der Waals surface area (Å²) in [6.07, 6.45) is -1.99. The lowest BCUT2D eigenvalue weighted by molar-refractivity contribution is 0.0247. The van der Waals surface area contributed by atoms with Crippen molar-refractivity contribution in [3.05, 3.63) is 29.3 Å². The second-order valence-electron chi connectivity index (χ2n) is 3.33. The van der Waals surface area contributed by atoms with Crippen molar-refractivity contribution in [2.45, 2.75) is 19.1 Å². The van der Waals surface area contributed by atoms with E-state index in [1.165, 1.54) is 0 Å². The third-order valence-corrected chi connectivity index (χ3v) is 2.28. The van der Waals surface area contributed by atoms with Crippen molar-refractivity contribution < 1.29 is 10.2 Å². The maximum atomic E-state index is 9.68. The smallest absolute Gasteiger partial charge is 0.108 e. The minimum atomic E-state index is -1.01. The molecular formula is C10H16N2O2. The van der Waals surface area contributed by atoms with Crippen LogP contribution in [0.15, 0.2) is 18.2 Å². The van der Waals surface area contributed by atoms with Crippen molar-refractivity contribution in [2.75, 3.05) is 12.3 Å². The molecule has 1 aromatic rings. The highest BCUT2D eigenvalue weighted by atomic mass is 16.3. The molecule has 78 valence electrons. The van der Waals surface area contributed by atoms with E-state index in [2.05, 4.69) is 0 Å². The molecule has 0 heterocycles. The van der Waals surface area contributed by atoms with Gasteiger partial charge in [-0.15, -0.1) is 0 Å². The molecular weight excluding hydrogens is 180 g/mol. The van der Waals surface area contributed by atoms with Gasteiger partial charge in [-0.3, -0.25) is 0 Å². The first-order valence-electron chi connectivity index (χ1n) is 4.49. The Kier molecular flexibility index (Phi) is 3.46. The van der Waals surface area contributed by atoms with Crippen LogP contribution in [-0.2, 0) is 0 Å². The molecule has 0 spiro atoms. The lowest BCUT2D eigenvalue weighted by atomic mass is 10.00. The van der Waals surface area contributed by atoms with Crippen molar-refractivity contribution in [3.8, 4) is 0 Å². The van der Waals surface area contributed by atoms with Gasteiger partial charge in [0.05, 0.1) is 6.10 Å². The molecule has 2 unspecified atom stereocenters. The Hall–Kier alpha value is -1.10. The number of para-hydroxylation sites is 1. The molecule has 0 aliphatic rings. The quantitative estimate of drug-likeness (QED) is 0.509. The van der Waals surface area contributed by atoms with Crippen LogP contribution in [0.25, 0.3) is 0 Å².